The normalized spacial score (nSPS) is 11.8. The predicted molar refractivity (Wildman–Crippen MR) is 45.0 cm³/mol. The number of benzene rings is 1. The number of nitrogens with zero attached hydrogens (tertiary/aromatic N) is 1. The molecule has 0 amide bonds. The molecule has 0 spiro atoms. The monoisotopic (exact) mass is 185 g/mol. The van der Waals surface area contributed by atoms with Crippen LogP contribution in [0.1, 0.15) is 18.9 Å². The van der Waals surface area contributed by atoms with E-state index < -0.39 is 11.6 Å². The standard InChI is InChI=1S/C9H9F2NO/c1-2-9(12-13)6-3-4-7(10)8(11)5-6/h3-5,13H,2H2,1H3/b12-9+. The Labute approximate surface area is 74.5 Å². The van der Waals surface area contributed by atoms with E-state index in [4.69, 9.17) is 5.21 Å². The molecule has 1 rings (SSSR count). The van der Waals surface area contributed by atoms with Crippen molar-refractivity contribution in [2.24, 2.45) is 5.16 Å². The maximum atomic E-state index is 12.7. The first-order valence-electron chi connectivity index (χ1n) is 3.85. The number of oxime groups is 1. The molecule has 0 saturated heterocycles. The lowest BCUT2D eigenvalue weighted by molar-refractivity contribution is 0.318. The van der Waals surface area contributed by atoms with Crippen LogP contribution in [0.4, 0.5) is 8.78 Å². The van der Waals surface area contributed by atoms with E-state index in [9.17, 15) is 8.78 Å². The summed E-state index contributed by atoms with van der Waals surface area (Å²) in [6.45, 7) is 1.76. The van der Waals surface area contributed by atoms with Gasteiger partial charge < -0.3 is 5.21 Å². The molecule has 70 valence electrons. The Morgan fingerprint density at radius 1 is 1.38 bits per heavy atom. The fraction of sp³-hybridized carbons (Fsp3) is 0.222. The van der Waals surface area contributed by atoms with E-state index in [-0.39, 0.29) is 0 Å². The minimum Gasteiger partial charge on any atom is -0.411 e. The first-order chi connectivity index (χ1) is 6.19. The van der Waals surface area contributed by atoms with Crippen molar-refractivity contribution in [2.75, 3.05) is 0 Å². The fourth-order valence-corrected chi connectivity index (χ4v) is 1.01. The van der Waals surface area contributed by atoms with Crippen molar-refractivity contribution >= 4 is 5.71 Å². The van der Waals surface area contributed by atoms with Crippen molar-refractivity contribution in [1.82, 2.24) is 0 Å². The number of halogens is 2. The molecule has 0 bridgehead atoms. The number of rotatable bonds is 2. The minimum atomic E-state index is -0.938. The zero-order valence-electron chi connectivity index (χ0n) is 7.09. The summed E-state index contributed by atoms with van der Waals surface area (Å²) in [5.74, 6) is -1.84. The van der Waals surface area contributed by atoms with Crippen LogP contribution in [0.15, 0.2) is 23.4 Å². The second kappa shape index (κ2) is 3.98. The molecule has 0 fully saturated rings. The van der Waals surface area contributed by atoms with E-state index >= 15 is 0 Å². The average molecular weight is 185 g/mol. The molecule has 0 atom stereocenters. The third-order valence-electron chi connectivity index (χ3n) is 1.71. The molecule has 0 aliphatic heterocycles. The van der Waals surface area contributed by atoms with Crippen LogP contribution in [-0.2, 0) is 0 Å². The van der Waals surface area contributed by atoms with E-state index in [0.717, 1.165) is 12.1 Å². The Hall–Kier alpha value is -1.45. The maximum Gasteiger partial charge on any atom is 0.159 e. The lowest BCUT2D eigenvalue weighted by Gasteiger charge is -2.01. The molecule has 0 unspecified atom stereocenters. The lowest BCUT2D eigenvalue weighted by Crippen LogP contribution is -2.00. The third kappa shape index (κ3) is 2.02. The van der Waals surface area contributed by atoms with Crippen molar-refractivity contribution in [3.8, 4) is 0 Å². The summed E-state index contributed by atoms with van der Waals surface area (Å²) in [5.41, 5.74) is 0.725. The van der Waals surface area contributed by atoms with Crippen molar-refractivity contribution < 1.29 is 14.0 Å². The van der Waals surface area contributed by atoms with Crippen LogP contribution in [0.25, 0.3) is 0 Å². The van der Waals surface area contributed by atoms with E-state index in [0.29, 0.717) is 17.7 Å². The molecule has 0 saturated carbocycles. The summed E-state index contributed by atoms with van der Waals surface area (Å²) in [4.78, 5) is 0. The van der Waals surface area contributed by atoms with Gasteiger partial charge in [0.05, 0.1) is 5.71 Å². The zero-order chi connectivity index (χ0) is 9.84. The Morgan fingerprint density at radius 3 is 2.54 bits per heavy atom. The first kappa shape index (κ1) is 9.64. The Morgan fingerprint density at radius 2 is 2.08 bits per heavy atom. The van der Waals surface area contributed by atoms with Crippen LogP contribution in [-0.4, -0.2) is 10.9 Å². The molecule has 0 aromatic heterocycles. The van der Waals surface area contributed by atoms with Gasteiger partial charge in [0.25, 0.3) is 0 Å². The van der Waals surface area contributed by atoms with Gasteiger partial charge in [0.1, 0.15) is 0 Å². The van der Waals surface area contributed by atoms with Gasteiger partial charge in [-0.25, -0.2) is 8.78 Å². The summed E-state index contributed by atoms with van der Waals surface area (Å²) in [6, 6.07) is 3.39. The quantitative estimate of drug-likeness (QED) is 0.428. The van der Waals surface area contributed by atoms with Crippen LogP contribution < -0.4 is 0 Å². The van der Waals surface area contributed by atoms with E-state index in [1.54, 1.807) is 6.92 Å². The van der Waals surface area contributed by atoms with E-state index in [1.165, 1.54) is 6.07 Å². The summed E-state index contributed by atoms with van der Waals surface area (Å²) in [6.07, 6.45) is 0.460. The van der Waals surface area contributed by atoms with Gasteiger partial charge in [-0.15, -0.1) is 0 Å². The molecule has 0 radical (unpaired) electrons. The molecule has 1 aromatic rings. The van der Waals surface area contributed by atoms with Gasteiger partial charge >= 0.3 is 0 Å². The SMILES string of the molecule is CC/C(=N\O)c1ccc(F)c(F)c1. The molecule has 0 aliphatic rings. The molecular formula is C9H9F2NO. The van der Waals surface area contributed by atoms with Gasteiger partial charge in [0.2, 0.25) is 0 Å². The zero-order valence-corrected chi connectivity index (χ0v) is 7.09. The second-order valence-electron chi connectivity index (χ2n) is 2.53. The van der Waals surface area contributed by atoms with E-state index in [1.807, 2.05) is 0 Å². The molecule has 13 heavy (non-hydrogen) atoms. The Bertz CT molecular complexity index is 336. The largest absolute Gasteiger partial charge is 0.411 e. The van der Waals surface area contributed by atoms with E-state index in [2.05, 4.69) is 5.16 Å². The van der Waals surface area contributed by atoms with Crippen LogP contribution in [0.2, 0.25) is 0 Å². The summed E-state index contributed by atoms with van der Waals surface area (Å²) >= 11 is 0. The van der Waals surface area contributed by atoms with Crippen molar-refractivity contribution in [2.45, 2.75) is 13.3 Å². The molecule has 4 heteroatoms. The van der Waals surface area contributed by atoms with Crippen molar-refractivity contribution in [3.05, 3.63) is 35.4 Å². The maximum absolute atomic E-state index is 12.7. The van der Waals surface area contributed by atoms with Crippen LogP contribution in [0, 0.1) is 11.6 Å². The number of hydrogen-bond donors (Lipinski definition) is 1. The Kier molecular flexibility index (Phi) is 2.95. The molecule has 1 N–H and O–H groups in total. The van der Waals surface area contributed by atoms with Crippen LogP contribution in [0.3, 0.4) is 0 Å². The van der Waals surface area contributed by atoms with Gasteiger partial charge in [-0.1, -0.05) is 12.1 Å². The number of hydrogen-bond acceptors (Lipinski definition) is 2. The van der Waals surface area contributed by atoms with Crippen LogP contribution >= 0.6 is 0 Å². The first-order valence-corrected chi connectivity index (χ1v) is 3.85. The van der Waals surface area contributed by atoms with Crippen molar-refractivity contribution in [1.29, 1.82) is 0 Å². The molecular weight excluding hydrogens is 176 g/mol. The van der Waals surface area contributed by atoms with Gasteiger partial charge in [-0.3, -0.25) is 0 Å². The summed E-state index contributed by atoms with van der Waals surface area (Å²) in [5, 5.41) is 11.5. The topological polar surface area (TPSA) is 32.6 Å². The predicted octanol–water partition coefficient (Wildman–Crippen LogP) is 2.55. The molecule has 0 aliphatic carbocycles. The van der Waals surface area contributed by atoms with Gasteiger partial charge in [-0.2, -0.15) is 0 Å². The van der Waals surface area contributed by atoms with Crippen LogP contribution in [0.5, 0.6) is 0 Å². The highest BCUT2D eigenvalue weighted by atomic mass is 19.2. The van der Waals surface area contributed by atoms with Crippen molar-refractivity contribution in [3.63, 3.8) is 0 Å². The molecule has 0 heterocycles. The minimum absolute atomic E-state index is 0.332. The highest BCUT2D eigenvalue weighted by molar-refractivity contribution is 5.99. The molecule has 2 nitrogen and oxygen atoms in total. The smallest absolute Gasteiger partial charge is 0.159 e. The molecule has 1 aromatic carbocycles. The lowest BCUT2D eigenvalue weighted by atomic mass is 10.1. The van der Waals surface area contributed by atoms with Gasteiger partial charge in [-0.05, 0) is 24.6 Å². The summed E-state index contributed by atoms with van der Waals surface area (Å²) < 4.78 is 25.2. The average Bonchev–Trinajstić information content (AvgIpc) is 2.13. The third-order valence-corrected chi connectivity index (χ3v) is 1.71. The Balaban J connectivity index is 3.10. The van der Waals surface area contributed by atoms with Gasteiger partial charge in [0, 0.05) is 5.56 Å². The van der Waals surface area contributed by atoms with Gasteiger partial charge in [0.15, 0.2) is 11.6 Å². The summed E-state index contributed by atoms with van der Waals surface area (Å²) in [7, 11) is 0. The fourth-order valence-electron chi connectivity index (χ4n) is 1.01. The highest BCUT2D eigenvalue weighted by Gasteiger charge is 2.06. The second-order valence-corrected chi connectivity index (χ2v) is 2.53. The highest BCUT2D eigenvalue weighted by Crippen LogP contribution is 2.10.